The van der Waals surface area contributed by atoms with Gasteiger partial charge in [0, 0.05) is 18.8 Å². The van der Waals surface area contributed by atoms with Crippen molar-refractivity contribution in [2.75, 3.05) is 0 Å². The molecule has 0 saturated carbocycles. The highest BCUT2D eigenvalue weighted by Gasteiger charge is 1.90. The summed E-state index contributed by atoms with van der Waals surface area (Å²) in [6.07, 6.45) is 7.22. The Kier molecular flexibility index (Phi) is 57.0. The number of rotatable bonds is 3. The lowest BCUT2D eigenvalue weighted by Crippen LogP contribution is -1.85. The van der Waals surface area contributed by atoms with Crippen LogP contribution in [0.5, 0.6) is 0 Å². The van der Waals surface area contributed by atoms with Crippen molar-refractivity contribution in [2.24, 2.45) is 0 Å². The van der Waals surface area contributed by atoms with Gasteiger partial charge in [-0.05, 0) is 6.42 Å². The normalized spacial score (nSPS) is 5.93. The second kappa shape index (κ2) is 23.1. The molecule has 0 bridgehead atoms. The van der Waals surface area contributed by atoms with Gasteiger partial charge in [0.15, 0.2) is 0 Å². The summed E-state index contributed by atoms with van der Waals surface area (Å²) in [5, 5.41) is 0. The van der Waals surface area contributed by atoms with Crippen molar-refractivity contribution >= 4 is 0 Å². The predicted molar refractivity (Wildman–Crippen MR) is 58.9 cm³/mol. The number of aromatic nitrogens is 2. The van der Waals surface area contributed by atoms with Gasteiger partial charge in [-0.1, -0.05) is 13.3 Å². The number of hydrogen-bond acceptors (Lipinski definition) is 1. The number of aryl methyl sites for hydroxylation is 1. The smallest absolute Gasteiger partial charge is 0.105 e. The number of nitrogens with zero attached hydrogens (tertiary/aromatic N) is 1. The van der Waals surface area contributed by atoms with Crippen molar-refractivity contribution < 1.29 is 32.9 Å². The maximum Gasteiger partial charge on any atom is 0.105 e. The van der Waals surface area contributed by atoms with Crippen molar-refractivity contribution in [3.05, 3.63) is 18.2 Å². The van der Waals surface area contributed by atoms with Crippen LogP contribution in [-0.4, -0.2) is 42.8 Å². The summed E-state index contributed by atoms with van der Waals surface area (Å²) in [7, 11) is 0. The number of aromatic amines is 1. The SMILES string of the molecule is CCCCc1ncc[nH]1.O.O.O.O.O.O. The Labute approximate surface area is 88.2 Å². The molecule has 0 spiro atoms. The van der Waals surface area contributed by atoms with Crippen LogP contribution in [0.25, 0.3) is 0 Å². The molecule has 1 aromatic rings. The first kappa shape index (κ1) is 37.0. The molecule has 0 fully saturated rings. The molecule has 0 radical (unpaired) electrons. The molecule has 0 unspecified atom stereocenters. The maximum atomic E-state index is 4.10. The molecule has 0 aliphatic rings. The van der Waals surface area contributed by atoms with Gasteiger partial charge in [-0.3, -0.25) is 0 Å². The third-order valence-corrected chi connectivity index (χ3v) is 1.32. The quantitative estimate of drug-likeness (QED) is 0.559. The lowest BCUT2D eigenvalue weighted by atomic mass is 10.2. The van der Waals surface area contributed by atoms with Gasteiger partial charge in [0.1, 0.15) is 5.82 Å². The third-order valence-electron chi connectivity index (χ3n) is 1.32. The topological polar surface area (TPSA) is 218 Å². The average Bonchev–Trinajstić information content (AvgIpc) is 2.34. The molecule has 0 aliphatic heterocycles. The van der Waals surface area contributed by atoms with E-state index in [9.17, 15) is 0 Å². The fourth-order valence-electron chi connectivity index (χ4n) is 0.779. The lowest BCUT2D eigenvalue weighted by molar-refractivity contribution is 0.762. The van der Waals surface area contributed by atoms with E-state index in [0.29, 0.717) is 0 Å². The van der Waals surface area contributed by atoms with Crippen molar-refractivity contribution in [1.82, 2.24) is 9.97 Å². The van der Waals surface area contributed by atoms with E-state index in [4.69, 9.17) is 0 Å². The fourth-order valence-corrected chi connectivity index (χ4v) is 0.779. The van der Waals surface area contributed by atoms with Gasteiger partial charge in [-0.25, -0.2) is 4.98 Å². The summed E-state index contributed by atoms with van der Waals surface area (Å²) in [5.74, 6) is 1.11. The molecule has 98 valence electrons. The van der Waals surface area contributed by atoms with E-state index >= 15 is 0 Å². The molecule has 0 aromatic carbocycles. The maximum absolute atomic E-state index is 4.10. The van der Waals surface area contributed by atoms with Crippen LogP contribution < -0.4 is 0 Å². The van der Waals surface area contributed by atoms with E-state index in [1.165, 1.54) is 12.8 Å². The molecule has 1 rings (SSSR count). The number of H-pyrrole nitrogens is 1. The minimum Gasteiger partial charge on any atom is -0.412 e. The molecule has 13 N–H and O–H groups in total. The first-order valence-electron chi connectivity index (χ1n) is 3.41. The fraction of sp³-hybridized carbons (Fsp3) is 0.571. The molecule has 0 aliphatic carbocycles. The lowest BCUT2D eigenvalue weighted by Gasteiger charge is -1.90. The highest BCUT2D eigenvalue weighted by Crippen LogP contribution is 1.96. The van der Waals surface area contributed by atoms with E-state index in [1.807, 2.05) is 6.20 Å². The Hall–Kier alpha value is -1.03. The van der Waals surface area contributed by atoms with Gasteiger partial charge in [0.2, 0.25) is 0 Å². The van der Waals surface area contributed by atoms with Gasteiger partial charge in [0.25, 0.3) is 0 Å². The molecule has 1 aromatic heterocycles. The van der Waals surface area contributed by atoms with Gasteiger partial charge in [0.05, 0.1) is 0 Å². The summed E-state index contributed by atoms with van der Waals surface area (Å²) in [5.41, 5.74) is 0. The van der Waals surface area contributed by atoms with E-state index in [-0.39, 0.29) is 32.9 Å². The summed E-state index contributed by atoms with van der Waals surface area (Å²) in [6.45, 7) is 2.18. The van der Waals surface area contributed by atoms with Crippen LogP contribution in [0.15, 0.2) is 12.4 Å². The molecule has 0 atom stereocenters. The molecule has 0 saturated heterocycles. The molecular weight excluding hydrogens is 208 g/mol. The first-order chi connectivity index (χ1) is 4.43. The molecular formula is C7H24N2O6. The van der Waals surface area contributed by atoms with E-state index < -0.39 is 0 Å². The van der Waals surface area contributed by atoms with Crippen LogP contribution in [0.1, 0.15) is 25.6 Å². The Balaban J connectivity index is -0.0000000337. The van der Waals surface area contributed by atoms with Crippen LogP contribution in [-0.2, 0) is 6.42 Å². The van der Waals surface area contributed by atoms with Crippen molar-refractivity contribution in [3.8, 4) is 0 Å². The summed E-state index contributed by atoms with van der Waals surface area (Å²) in [4.78, 5) is 7.16. The van der Waals surface area contributed by atoms with Gasteiger partial charge in [-0.2, -0.15) is 0 Å². The standard InChI is InChI=1S/C7H12N2.6H2O/c1-2-3-4-7-8-5-6-9-7;;;;;;/h5-6H,2-4H2,1H3,(H,8,9);6*1H2. The van der Waals surface area contributed by atoms with Gasteiger partial charge >= 0.3 is 0 Å². The Morgan fingerprint density at radius 3 is 1.93 bits per heavy atom. The molecule has 8 heteroatoms. The minimum atomic E-state index is 0. The average molecular weight is 232 g/mol. The number of unbranched alkanes of at least 4 members (excludes halogenated alkanes) is 1. The van der Waals surface area contributed by atoms with Crippen molar-refractivity contribution in [2.45, 2.75) is 26.2 Å². The minimum absolute atomic E-state index is 0. The zero-order valence-corrected chi connectivity index (χ0v) is 8.72. The first-order valence-corrected chi connectivity index (χ1v) is 3.41. The highest BCUT2D eigenvalue weighted by atomic mass is 16.0. The van der Waals surface area contributed by atoms with Crippen LogP contribution in [0.4, 0.5) is 0 Å². The number of nitrogens with one attached hydrogen (secondary N) is 1. The Bertz CT molecular complexity index is 159. The van der Waals surface area contributed by atoms with Gasteiger partial charge < -0.3 is 37.8 Å². The second-order valence-electron chi connectivity index (χ2n) is 2.14. The van der Waals surface area contributed by atoms with Gasteiger partial charge in [-0.15, -0.1) is 0 Å². The third kappa shape index (κ3) is 15.7. The molecule has 0 amide bonds. The zero-order chi connectivity index (χ0) is 6.53. The predicted octanol–water partition coefficient (Wildman–Crippen LogP) is -3.20. The Morgan fingerprint density at radius 2 is 1.60 bits per heavy atom. The second-order valence-corrected chi connectivity index (χ2v) is 2.14. The number of imidazole rings is 1. The van der Waals surface area contributed by atoms with Crippen molar-refractivity contribution in [1.29, 1.82) is 0 Å². The molecule has 15 heavy (non-hydrogen) atoms. The summed E-state index contributed by atoms with van der Waals surface area (Å²) in [6, 6.07) is 0. The number of hydrogen-bond donors (Lipinski definition) is 1. The zero-order valence-electron chi connectivity index (χ0n) is 8.72. The van der Waals surface area contributed by atoms with Crippen LogP contribution in [0.3, 0.4) is 0 Å². The van der Waals surface area contributed by atoms with Crippen molar-refractivity contribution in [3.63, 3.8) is 0 Å². The summed E-state index contributed by atoms with van der Waals surface area (Å²) < 4.78 is 0. The summed E-state index contributed by atoms with van der Waals surface area (Å²) >= 11 is 0. The molecule has 1 heterocycles. The monoisotopic (exact) mass is 232 g/mol. The Morgan fingerprint density at radius 1 is 1.07 bits per heavy atom. The van der Waals surface area contributed by atoms with E-state index in [1.54, 1.807) is 6.20 Å². The van der Waals surface area contributed by atoms with E-state index in [0.717, 1.165) is 12.2 Å². The highest BCUT2D eigenvalue weighted by molar-refractivity contribution is 4.86. The van der Waals surface area contributed by atoms with Crippen LogP contribution in [0.2, 0.25) is 0 Å². The van der Waals surface area contributed by atoms with Crippen LogP contribution in [0, 0.1) is 0 Å². The largest absolute Gasteiger partial charge is 0.412 e. The van der Waals surface area contributed by atoms with Crippen LogP contribution >= 0.6 is 0 Å². The molecule has 8 nitrogen and oxygen atoms in total. The van der Waals surface area contributed by atoms with E-state index in [2.05, 4.69) is 16.9 Å².